The molecule has 27 heavy (non-hydrogen) atoms. The van der Waals surface area contributed by atoms with Gasteiger partial charge in [0.15, 0.2) is 0 Å². The molecule has 0 bridgehead atoms. The van der Waals surface area contributed by atoms with E-state index in [9.17, 15) is 14.4 Å². The molecule has 4 rings (SSSR count). The molecule has 1 aromatic rings. The van der Waals surface area contributed by atoms with Gasteiger partial charge in [-0.05, 0) is 60.2 Å². The Kier molecular flexibility index (Phi) is 4.61. The predicted octanol–water partition coefficient (Wildman–Crippen LogP) is 1.86. The maximum absolute atomic E-state index is 12.6. The second-order valence-electron chi connectivity index (χ2n) is 7.75. The number of benzene rings is 1. The van der Waals surface area contributed by atoms with Crippen molar-refractivity contribution >= 4 is 39.5 Å². The number of urea groups is 1. The van der Waals surface area contributed by atoms with E-state index in [0.717, 1.165) is 40.9 Å². The zero-order chi connectivity index (χ0) is 19.2. The summed E-state index contributed by atoms with van der Waals surface area (Å²) in [5.41, 5.74) is 0.254. The molecule has 1 aromatic carbocycles. The van der Waals surface area contributed by atoms with Gasteiger partial charge in [-0.15, -0.1) is 0 Å². The normalized spacial score (nSPS) is 27.9. The van der Waals surface area contributed by atoms with Crippen LogP contribution in [0.15, 0.2) is 28.7 Å². The number of halogens is 1. The fourth-order valence-electron chi connectivity index (χ4n) is 4.02. The van der Waals surface area contributed by atoms with Crippen LogP contribution >= 0.6 is 15.9 Å². The van der Waals surface area contributed by atoms with E-state index in [4.69, 9.17) is 0 Å². The summed E-state index contributed by atoms with van der Waals surface area (Å²) in [6.07, 6.45) is 2.71. The molecule has 2 N–H and O–H groups in total. The monoisotopic (exact) mass is 434 g/mol. The van der Waals surface area contributed by atoms with Crippen molar-refractivity contribution < 1.29 is 14.4 Å². The Balaban J connectivity index is 1.33. The zero-order valence-corrected chi connectivity index (χ0v) is 16.8. The minimum absolute atomic E-state index is 0.000174. The number of anilines is 1. The van der Waals surface area contributed by atoms with Crippen molar-refractivity contribution in [1.82, 2.24) is 15.5 Å². The summed E-state index contributed by atoms with van der Waals surface area (Å²) in [4.78, 5) is 40.5. The van der Waals surface area contributed by atoms with Crippen LogP contribution in [0.1, 0.15) is 26.2 Å². The SMILES string of the molecule is CC1(C2CC2)NC(=O)N(CC(=O)NC2CCN(c3ccccc3Br)C2)C1=O. The summed E-state index contributed by atoms with van der Waals surface area (Å²) < 4.78 is 1.02. The maximum atomic E-state index is 12.6. The highest BCUT2D eigenvalue weighted by molar-refractivity contribution is 9.10. The quantitative estimate of drug-likeness (QED) is 0.692. The third kappa shape index (κ3) is 3.42. The van der Waals surface area contributed by atoms with Crippen molar-refractivity contribution in [3.05, 3.63) is 28.7 Å². The van der Waals surface area contributed by atoms with Gasteiger partial charge < -0.3 is 15.5 Å². The van der Waals surface area contributed by atoms with Crippen LogP contribution < -0.4 is 15.5 Å². The third-order valence-electron chi connectivity index (χ3n) is 5.74. The fraction of sp³-hybridized carbons (Fsp3) is 0.526. The summed E-state index contributed by atoms with van der Waals surface area (Å²) >= 11 is 3.56. The van der Waals surface area contributed by atoms with E-state index in [1.165, 1.54) is 0 Å². The lowest BCUT2D eigenvalue weighted by Gasteiger charge is -2.22. The van der Waals surface area contributed by atoms with Gasteiger partial charge in [0.05, 0.1) is 5.69 Å². The Morgan fingerprint density at radius 2 is 2.04 bits per heavy atom. The van der Waals surface area contributed by atoms with Crippen LogP contribution in [0.2, 0.25) is 0 Å². The van der Waals surface area contributed by atoms with Crippen LogP contribution in [0.4, 0.5) is 10.5 Å². The summed E-state index contributed by atoms with van der Waals surface area (Å²) in [6, 6.07) is 7.53. The summed E-state index contributed by atoms with van der Waals surface area (Å²) in [7, 11) is 0. The number of rotatable bonds is 5. The first-order valence-corrected chi connectivity index (χ1v) is 10.1. The summed E-state index contributed by atoms with van der Waals surface area (Å²) in [5, 5.41) is 5.74. The Morgan fingerprint density at radius 1 is 1.30 bits per heavy atom. The van der Waals surface area contributed by atoms with E-state index in [2.05, 4.69) is 31.5 Å². The second-order valence-corrected chi connectivity index (χ2v) is 8.60. The molecule has 144 valence electrons. The minimum atomic E-state index is -0.846. The van der Waals surface area contributed by atoms with Crippen molar-refractivity contribution in [2.24, 2.45) is 5.92 Å². The van der Waals surface area contributed by atoms with Crippen LogP contribution in [0, 0.1) is 5.92 Å². The molecule has 2 heterocycles. The molecule has 0 aromatic heterocycles. The molecule has 1 saturated carbocycles. The van der Waals surface area contributed by atoms with Crippen LogP contribution in [-0.4, -0.2) is 54.0 Å². The van der Waals surface area contributed by atoms with Crippen LogP contribution in [-0.2, 0) is 9.59 Å². The molecule has 1 aliphatic carbocycles. The molecule has 0 radical (unpaired) electrons. The number of carbonyl (C=O) groups excluding carboxylic acids is 3. The number of imide groups is 1. The van der Waals surface area contributed by atoms with E-state index < -0.39 is 11.6 Å². The summed E-state index contributed by atoms with van der Waals surface area (Å²) in [6.45, 7) is 3.08. The topological polar surface area (TPSA) is 81.8 Å². The first-order chi connectivity index (χ1) is 12.9. The number of amides is 4. The Bertz CT molecular complexity index is 797. The maximum Gasteiger partial charge on any atom is 0.325 e. The van der Waals surface area contributed by atoms with Crippen LogP contribution in [0.25, 0.3) is 0 Å². The molecule has 2 aliphatic heterocycles. The number of hydrogen-bond acceptors (Lipinski definition) is 4. The van der Waals surface area contributed by atoms with Gasteiger partial charge in [0.2, 0.25) is 5.91 Å². The Morgan fingerprint density at radius 3 is 2.74 bits per heavy atom. The zero-order valence-electron chi connectivity index (χ0n) is 15.2. The van der Waals surface area contributed by atoms with Gasteiger partial charge in [-0.2, -0.15) is 0 Å². The predicted molar refractivity (Wildman–Crippen MR) is 104 cm³/mol. The second kappa shape index (κ2) is 6.82. The summed E-state index contributed by atoms with van der Waals surface area (Å²) in [5.74, 6) is -0.390. The van der Waals surface area contributed by atoms with Gasteiger partial charge in [-0.25, -0.2) is 4.79 Å². The Labute approximate surface area is 166 Å². The molecular formula is C19H23BrN4O3. The number of nitrogens with one attached hydrogen (secondary N) is 2. The van der Waals surface area contributed by atoms with Gasteiger partial charge in [0.1, 0.15) is 12.1 Å². The molecule has 4 amide bonds. The first-order valence-electron chi connectivity index (χ1n) is 9.31. The highest BCUT2D eigenvalue weighted by Gasteiger charge is 2.56. The van der Waals surface area contributed by atoms with Gasteiger partial charge in [0, 0.05) is 23.6 Å². The molecule has 0 spiro atoms. The van der Waals surface area contributed by atoms with Crippen molar-refractivity contribution in [3.8, 4) is 0 Å². The smallest absolute Gasteiger partial charge is 0.325 e. The van der Waals surface area contributed by atoms with E-state index in [-0.39, 0.29) is 30.3 Å². The van der Waals surface area contributed by atoms with E-state index in [1.54, 1.807) is 6.92 Å². The van der Waals surface area contributed by atoms with Gasteiger partial charge in [-0.3, -0.25) is 14.5 Å². The lowest BCUT2D eigenvalue weighted by Crippen LogP contribution is -2.48. The van der Waals surface area contributed by atoms with E-state index in [1.807, 2.05) is 24.3 Å². The molecular weight excluding hydrogens is 412 g/mol. The highest BCUT2D eigenvalue weighted by Crippen LogP contribution is 2.42. The largest absolute Gasteiger partial charge is 0.368 e. The van der Waals surface area contributed by atoms with Crippen molar-refractivity contribution in [1.29, 1.82) is 0 Å². The van der Waals surface area contributed by atoms with Gasteiger partial charge in [0.25, 0.3) is 5.91 Å². The van der Waals surface area contributed by atoms with Gasteiger partial charge in [-0.1, -0.05) is 12.1 Å². The van der Waals surface area contributed by atoms with E-state index >= 15 is 0 Å². The first kappa shape index (κ1) is 18.3. The number of para-hydroxylation sites is 1. The average molecular weight is 435 g/mol. The van der Waals surface area contributed by atoms with Crippen molar-refractivity contribution in [3.63, 3.8) is 0 Å². The van der Waals surface area contributed by atoms with Crippen LogP contribution in [0.5, 0.6) is 0 Å². The molecule has 3 aliphatic rings. The fourth-order valence-corrected chi connectivity index (χ4v) is 4.55. The molecule has 3 fully saturated rings. The standard InChI is InChI=1S/C19H23BrN4O3/c1-19(12-6-7-12)17(26)24(18(27)22-19)11-16(25)21-13-8-9-23(10-13)15-5-3-2-4-14(15)20/h2-5,12-13H,6-11H2,1H3,(H,21,25)(H,22,27). The van der Waals surface area contributed by atoms with Crippen molar-refractivity contribution in [2.45, 2.75) is 37.8 Å². The number of carbonyl (C=O) groups is 3. The van der Waals surface area contributed by atoms with Crippen molar-refractivity contribution in [2.75, 3.05) is 24.5 Å². The molecule has 7 nitrogen and oxygen atoms in total. The average Bonchev–Trinajstić information content (AvgIpc) is 3.36. The molecule has 2 saturated heterocycles. The van der Waals surface area contributed by atoms with Gasteiger partial charge >= 0.3 is 6.03 Å². The number of nitrogens with zero attached hydrogens (tertiary/aromatic N) is 2. The van der Waals surface area contributed by atoms with Crippen LogP contribution in [0.3, 0.4) is 0 Å². The minimum Gasteiger partial charge on any atom is -0.368 e. The third-order valence-corrected chi connectivity index (χ3v) is 6.41. The van der Waals surface area contributed by atoms with E-state index in [0.29, 0.717) is 6.54 Å². The highest BCUT2D eigenvalue weighted by atomic mass is 79.9. The molecule has 2 unspecified atom stereocenters. The number of hydrogen-bond donors (Lipinski definition) is 2. The lowest BCUT2D eigenvalue weighted by atomic mass is 9.96. The Hall–Kier alpha value is -2.09. The molecule has 2 atom stereocenters. The lowest BCUT2D eigenvalue weighted by molar-refractivity contribution is -0.135. The molecule has 8 heteroatoms.